The lowest BCUT2D eigenvalue weighted by Crippen LogP contribution is -2.02. The predicted molar refractivity (Wildman–Crippen MR) is 107 cm³/mol. The SMILES string of the molecule is C=C(C)/C=C\C(=C)Oc1cccc(O[C@@H](C)c2ccccc2)c1.CC. The zero-order valence-corrected chi connectivity index (χ0v) is 15.7. The van der Waals surface area contributed by atoms with Crippen molar-refractivity contribution in [2.24, 2.45) is 0 Å². The molecule has 0 aliphatic heterocycles. The summed E-state index contributed by atoms with van der Waals surface area (Å²) in [5.41, 5.74) is 2.08. The van der Waals surface area contributed by atoms with Crippen LogP contribution in [0.15, 0.2) is 91.2 Å². The van der Waals surface area contributed by atoms with Crippen LogP contribution in [0.3, 0.4) is 0 Å². The van der Waals surface area contributed by atoms with Gasteiger partial charge in [-0.1, -0.05) is 75.1 Å². The van der Waals surface area contributed by atoms with Crippen molar-refractivity contribution < 1.29 is 9.47 Å². The van der Waals surface area contributed by atoms with Gasteiger partial charge in [0.1, 0.15) is 23.4 Å². The molecule has 25 heavy (non-hydrogen) atoms. The molecule has 0 saturated carbocycles. The second-order valence-electron chi connectivity index (χ2n) is 5.39. The lowest BCUT2D eigenvalue weighted by molar-refractivity contribution is 0.226. The summed E-state index contributed by atoms with van der Waals surface area (Å²) in [6.45, 7) is 15.6. The van der Waals surface area contributed by atoms with E-state index >= 15 is 0 Å². The summed E-state index contributed by atoms with van der Waals surface area (Å²) in [6.07, 6.45) is 3.63. The largest absolute Gasteiger partial charge is 0.486 e. The molecule has 0 amide bonds. The monoisotopic (exact) mass is 336 g/mol. The van der Waals surface area contributed by atoms with Crippen molar-refractivity contribution in [1.82, 2.24) is 0 Å². The van der Waals surface area contributed by atoms with E-state index < -0.39 is 0 Å². The first-order valence-corrected chi connectivity index (χ1v) is 8.56. The Bertz CT molecular complexity index is 699. The van der Waals surface area contributed by atoms with Gasteiger partial charge < -0.3 is 9.47 Å². The van der Waals surface area contributed by atoms with E-state index in [-0.39, 0.29) is 6.10 Å². The average Bonchev–Trinajstić information content (AvgIpc) is 2.63. The smallest absolute Gasteiger partial charge is 0.131 e. The maximum atomic E-state index is 5.98. The zero-order chi connectivity index (χ0) is 18.7. The van der Waals surface area contributed by atoms with E-state index in [4.69, 9.17) is 9.47 Å². The molecule has 0 fully saturated rings. The molecule has 0 aromatic heterocycles. The Balaban J connectivity index is 0.00000151. The van der Waals surface area contributed by atoms with Crippen LogP contribution in [0, 0.1) is 0 Å². The molecule has 2 aromatic carbocycles. The lowest BCUT2D eigenvalue weighted by Gasteiger charge is -2.16. The fourth-order valence-corrected chi connectivity index (χ4v) is 2.03. The quantitative estimate of drug-likeness (QED) is 0.405. The summed E-state index contributed by atoms with van der Waals surface area (Å²) >= 11 is 0. The minimum absolute atomic E-state index is 0.0297. The highest BCUT2D eigenvalue weighted by Gasteiger charge is 2.07. The molecule has 0 spiro atoms. The summed E-state index contributed by atoms with van der Waals surface area (Å²) in [5.74, 6) is 2.01. The van der Waals surface area contributed by atoms with E-state index in [1.54, 1.807) is 6.08 Å². The second-order valence-corrected chi connectivity index (χ2v) is 5.39. The van der Waals surface area contributed by atoms with Crippen LogP contribution >= 0.6 is 0 Å². The number of hydrogen-bond acceptors (Lipinski definition) is 2. The van der Waals surface area contributed by atoms with E-state index in [1.165, 1.54) is 0 Å². The molecule has 0 saturated heterocycles. The normalized spacial score (nSPS) is 11.2. The van der Waals surface area contributed by atoms with Crippen LogP contribution in [-0.2, 0) is 0 Å². The first-order chi connectivity index (χ1) is 12.0. The molecule has 132 valence electrons. The molecule has 0 aliphatic carbocycles. The summed E-state index contributed by atoms with van der Waals surface area (Å²) < 4.78 is 11.7. The van der Waals surface area contributed by atoms with Crippen molar-refractivity contribution in [3.63, 3.8) is 0 Å². The van der Waals surface area contributed by atoms with Gasteiger partial charge in [-0.2, -0.15) is 0 Å². The van der Waals surface area contributed by atoms with Crippen LogP contribution in [0.2, 0.25) is 0 Å². The lowest BCUT2D eigenvalue weighted by atomic mass is 10.1. The van der Waals surface area contributed by atoms with E-state index in [0.29, 0.717) is 11.5 Å². The van der Waals surface area contributed by atoms with Crippen molar-refractivity contribution in [3.05, 3.63) is 96.8 Å². The Morgan fingerprint density at radius 3 is 2.20 bits per heavy atom. The number of ether oxygens (including phenoxy) is 2. The van der Waals surface area contributed by atoms with Crippen LogP contribution in [-0.4, -0.2) is 0 Å². The van der Waals surface area contributed by atoms with Gasteiger partial charge in [0, 0.05) is 6.07 Å². The fraction of sp³-hybridized carbons (Fsp3) is 0.217. The van der Waals surface area contributed by atoms with Gasteiger partial charge in [0.2, 0.25) is 0 Å². The molecule has 2 aromatic rings. The van der Waals surface area contributed by atoms with E-state index in [2.05, 4.69) is 25.3 Å². The van der Waals surface area contributed by atoms with Gasteiger partial charge in [-0.15, -0.1) is 0 Å². The first-order valence-electron chi connectivity index (χ1n) is 8.56. The van der Waals surface area contributed by atoms with Gasteiger partial charge in [0.15, 0.2) is 0 Å². The molecule has 1 atom stereocenters. The Labute approximate surface area is 152 Å². The number of hydrogen-bond donors (Lipinski definition) is 0. The molecular weight excluding hydrogens is 308 g/mol. The van der Waals surface area contributed by atoms with Crippen molar-refractivity contribution in [1.29, 1.82) is 0 Å². The van der Waals surface area contributed by atoms with Crippen molar-refractivity contribution in [3.8, 4) is 11.5 Å². The zero-order valence-electron chi connectivity index (χ0n) is 15.7. The number of rotatable bonds is 7. The molecular formula is C23H28O2. The van der Waals surface area contributed by atoms with Gasteiger partial charge >= 0.3 is 0 Å². The Morgan fingerprint density at radius 1 is 0.920 bits per heavy atom. The van der Waals surface area contributed by atoms with E-state index in [9.17, 15) is 0 Å². The highest BCUT2D eigenvalue weighted by atomic mass is 16.5. The molecule has 2 heteroatoms. The highest BCUT2D eigenvalue weighted by molar-refractivity contribution is 5.35. The standard InChI is InChI=1S/C21H22O2.C2H6/c1-16(2)13-14-17(3)22-20-11-8-12-21(15-20)23-18(4)19-9-6-5-7-10-19;1-2/h5-15,18H,1,3H2,2,4H3;1-2H3/b14-13-;/t18-;/m0./s1. The summed E-state index contributed by atoms with van der Waals surface area (Å²) in [6, 6.07) is 17.7. The molecule has 0 bridgehead atoms. The molecule has 0 unspecified atom stereocenters. The summed E-state index contributed by atoms with van der Waals surface area (Å²) in [7, 11) is 0. The van der Waals surface area contributed by atoms with E-state index in [1.807, 2.05) is 76.2 Å². The van der Waals surface area contributed by atoms with Crippen molar-refractivity contribution >= 4 is 0 Å². The first kappa shape index (κ1) is 20.3. The van der Waals surface area contributed by atoms with Gasteiger partial charge in [0.05, 0.1) is 0 Å². The third-order valence-electron chi connectivity index (χ3n) is 3.19. The molecule has 0 N–H and O–H groups in total. The molecule has 0 radical (unpaired) electrons. The second kappa shape index (κ2) is 10.9. The number of benzene rings is 2. The average molecular weight is 336 g/mol. The minimum Gasteiger partial charge on any atom is -0.486 e. The van der Waals surface area contributed by atoms with Crippen LogP contribution in [0.1, 0.15) is 39.4 Å². The maximum Gasteiger partial charge on any atom is 0.131 e. The minimum atomic E-state index is -0.0297. The fourth-order valence-electron chi connectivity index (χ4n) is 2.03. The van der Waals surface area contributed by atoms with Crippen molar-refractivity contribution in [2.45, 2.75) is 33.8 Å². The van der Waals surface area contributed by atoms with Gasteiger partial charge in [0.25, 0.3) is 0 Å². The highest BCUT2D eigenvalue weighted by Crippen LogP contribution is 2.26. The topological polar surface area (TPSA) is 18.5 Å². The molecule has 2 rings (SSSR count). The van der Waals surface area contributed by atoms with Crippen LogP contribution in [0.4, 0.5) is 0 Å². The molecule has 0 aliphatic rings. The number of allylic oxidation sites excluding steroid dienone is 3. The maximum absolute atomic E-state index is 5.98. The van der Waals surface area contributed by atoms with Crippen LogP contribution in [0.25, 0.3) is 0 Å². The van der Waals surface area contributed by atoms with Gasteiger partial charge in [-0.3, -0.25) is 0 Å². The van der Waals surface area contributed by atoms with Crippen LogP contribution < -0.4 is 9.47 Å². The van der Waals surface area contributed by atoms with E-state index in [0.717, 1.165) is 16.9 Å². The molecule has 2 nitrogen and oxygen atoms in total. The Kier molecular flexibility index (Phi) is 8.87. The third kappa shape index (κ3) is 7.58. The van der Waals surface area contributed by atoms with Gasteiger partial charge in [-0.05, 0) is 37.6 Å². The Hall–Kier alpha value is -2.74. The Morgan fingerprint density at radius 2 is 1.56 bits per heavy atom. The van der Waals surface area contributed by atoms with Crippen LogP contribution in [0.5, 0.6) is 11.5 Å². The molecule has 0 heterocycles. The van der Waals surface area contributed by atoms with Crippen molar-refractivity contribution in [2.75, 3.05) is 0 Å². The predicted octanol–water partition coefficient (Wildman–Crippen LogP) is 6.88. The third-order valence-corrected chi connectivity index (χ3v) is 3.19. The van der Waals surface area contributed by atoms with Gasteiger partial charge in [-0.25, -0.2) is 0 Å². The summed E-state index contributed by atoms with van der Waals surface area (Å²) in [5, 5.41) is 0. The summed E-state index contributed by atoms with van der Waals surface area (Å²) in [4.78, 5) is 0.